The van der Waals surface area contributed by atoms with Crippen LogP contribution in [0.5, 0.6) is 0 Å². The van der Waals surface area contributed by atoms with Crippen molar-refractivity contribution in [2.75, 3.05) is 38.8 Å². The summed E-state index contributed by atoms with van der Waals surface area (Å²) in [6.45, 7) is 3.62. The Morgan fingerprint density at radius 1 is 1.23 bits per heavy atom. The number of rotatable bonds is 8. The molecule has 1 aromatic rings. The second-order valence-corrected chi connectivity index (χ2v) is 12.3. The molecule has 1 saturated heterocycles. The number of nitrogens with zero attached hydrogens (tertiary/aromatic N) is 2. The summed E-state index contributed by atoms with van der Waals surface area (Å²) in [6.07, 6.45) is 0.360. The van der Waals surface area contributed by atoms with Crippen LogP contribution in [0.2, 0.25) is 0 Å². The van der Waals surface area contributed by atoms with Gasteiger partial charge in [0.1, 0.15) is 0 Å². The van der Waals surface area contributed by atoms with E-state index < -0.39 is 44.4 Å². The van der Waals surface area contributed by atoms with E-state index >= 15 is 0 Å². The van der Waals surface area contributed by atoms with Crippen LogP contribution >= 0.6 is 0 Å². The Morgan fingerprint density at radius 2 is 1.90 bits per heavy atom. The van der Waals surface area contributed by atoms with E-state index in [1.165, 1.54) is 43.3 Å². The highest BCUT2D eigenvalue weighted by Crippen LogP contribution is 2.20. The molecule has 0 saturated carbocycles. The Labute approximate surface area is 178 Å². The van der Waals surface area contributed by atoms with Gasteiger partial charge in [0.05, 0.1) is 22.0 Å². The number of hydrogen-bond acceptors (Lipinski definition) is 7. The molecule has 2 rings (SSSR count). The topological polar surface area (TPSA) is 118 Å². The number of sulfone groups is 1. The van der Waals surface area contributed by atoms with Crippen LogP contribution in [0.4, 0.5) is 0 Å². The van der Waals surface area contributed by atoms with Gasteiger partial charge in [-0.15, -0.1) is 0 Å². The van der Waals surface area contributed by atoms with Gasteiger partial charge in [-0.1, -0.05) is 19.9 Å². The third-order valence-electron chi connectivity index (χ3n) is 4.71. The molecule has 1 fully saturated rings. The second-order valence-electron chi connectivity index (χ2n) is 7.89. The van der Waals surface area contributed by atoms with E-state index in [-0.39, 0.29) is 27.9 Å². The highest BCUT2D eigenvalue weighted by Gasteiger charge is 2.35. The number of hydrogen-bond donors (Lipinski definition) is 0. The monoisotopic (exact) mass is 460 g/mol. The fraction of sp³-hybridized carbons (Fsp3) is 0.579. The molecule has 1 heterocycles. The number of sulfonamides is 1. The summed E-state index contributed by atoms with van der Waals surface area (Å²) < 4.78 is 54.2. The number of carbonyl (C=O) groups is 2. The van der Waals surface area contributed by atoms with Gasteiger partial charge in [-0.2, -0.15) is 0 Å². The van der Waals surface area contributed by atoms with Crippen molar-refractivity contribution in [2.45, 2.75) is 31.2 Å². The summed E-state index contributed by atoms with van der Waals surface area (Å²) >= 11 is 0. The predicted molar refractivity (Wildman–Crippen MR) is 111 cm³/mol. The normalized spacial score (nSPS) is 18.5. The fourth-order valence-corrected chi connectivity index (χ4v) is 5.84. The van der Waals surface area contributed by atoms with Crippen molar-refractivity contribution < 1.29 is 31.2 Å². The molecular weight excluding hydrogens is 432 g/mol. The molecule has 1 aromatic carbocycles. The van der Waals surface area contributed by atoms with Crippen molar-refractivity contribution in [1.29, 1.82) is 0 Å². The molecule has 0 radical (unpaired) electrons. The van der Waals surface area contributed by atoms with Crippen LogP contribution in [-0.4, -0.2) is 82.7 Å². The first-order chi connectivity index (χ1) is 13.8. The van der Waals surface area contributed by atoms with Crippen LogP contribution in [-0.2, 0) is 29.4 Å². The fourth-order valence-electron chi connectivity index (χ4n) is 3.16. The Bertz CT molecular complexity index is 1000. The Hall–Kier alpha value is -1.98. The van der Waals surface area contributed by atoms with E-state index in [0.29, 0.717) is 13.0 Å². The smallest absolute Gasteiger partial charge is 0.338 e. The van der Waals surface area contributed by atoms with Gasteiger partial charge >= 0.3 is 5.97 Å². The van der Waals surface area contributed by atoms with Crippen molar-refractivity contribution in [3.8, 4) is 0 Å². The third-order valence-corrected chi connectivity index (χ3v) is 8.27. The van der Waals surface area contributed by atoms with Gasteiger partial charge in [0, 0.05) is 26.7 Å². The number of esters is 1. The van der Waals surface area contributed by atoms with Gasteiger partial charge in [-0.05, 0) is 30.5 Å². The summed E-state index contributed by atoms with van der Waals surface area (Å²) in [5.41, 5.74) is 0.00424. The van der Waals surface area contributed by atoms with Crippen LogP contribution in [0.1, 0.15) is 30.6 Å². The van der Waals surface area contributed by atoms with E-state index in [1.54, 1.807) is 0 Å². The molecule has 1 atom stereocenters. The van der Waals surface area contributed by atoms with Crippen LogP contribution < -0.4 is 0 Å². The molecule has 0 aromatic heterocycles. The first-order valence-electron chi connectivity index (χ1n) is 9.53. The maximum absolute atomic E-state index is 12.7. The average Bonchev–Trinajstić information content (AvgIpc) is 3.03. The maximum atomic E-state index is 12.7. The van der Waals surface area contributed by atoms with E-state index in [4.69, 9.17) is 4.74 Å². The summed E-state index contributed by atoms with van der Waals surface area (Å²) in [5.74, 6) is -1.25. The van der Waals surface area contributed by atoms with E-state index in [9.17, 15) is 26.4 Å². The molecule has 0 aliphatic carbocycles. The molecule has 9 nitrogen and oxygen atoms in total. The minimum atomic E-state index is -3.72. The van der Waals surface area contributed by atoms with Crippen molar-refractivity contribution >= 4 is 31.7 Å². The van der Waals surface area contributed by atoms with Gasteiger partial charge in [0.2, 0.25) is 10.0 Å². The van der Waals surface area contributed by atoms with Gasteiger partial charge in [0.25, 0.3) is 5.91 Å². The summed E-state index contributed by atoms with van der Waals surface area (Å²) in [7, 11) is -4.13. The zero-order chi connectivity index (χ0) is 22.7. The van der Waals surface area contributed by atoms with Crippen LogP contribution in [0.25, 0.3) is 0 Å². The van der Waals surface area contributed by atoms with Gasteiger partial charge < -0.3 is 9.64 Å². The molecule has 168 valence electrons. The zero-order valence-electron chi connectivity index (χ0n) is 17.6. The first kappa shape index (κ1) is 24.3. The van der Waals surface area contributed by atoms with Crippen LogP contribution in [0, 0.1) is 5.92 Å². The second kappa shape index (κ2) is 9.44. The SMILES string of the molecule is CC(C)CN(C(=O)COC(=O)c1cccc(S(=O)(=O)N(C)C)c1)C1CCS(=O)(=O)C1. The van der Waals surface area contributed by atoms with Crippen molar-refractivity contribution in [1.82, 2.24) is 9.21 Å². The number of benzene rings is 1. The number of ether oxygens (including phenoxy) is 1. The standard InChI is InChI=1S/C19H28N2O7S2/c1-14(2)11-21(16-8-9-29(24,25)13-16)18(22)12-28-19(23)15-6-5-7-17(10-15)30(26,27)20(3)4/h5-7,10,14,16H,8-9,11-13H2,1-4H3. The molecule has 1 aliphatic rings. The molecule has 0 bridgehead atoms. The third kappa shape index (κ3) is 6.02. The van der Waals surface area contributed by atoms with E-state index in [2.05, 4.69) is 0 Å². The largest absolute Gasteiger partial charge is 0.452 e. The number of carbonyl (C=O) groups excluding carboxylic acids is 2. The Kier molecular flexibility index (Phi) is 7.64. The highest BCUT2D eigenvalue weighted by molar-refractivity contribution is 7.91. The maximum Gasteiger partial charge on any atom is 0.338 e. The molecule has 1 amide bonds. The van der Waals surface area contributed by atoms with Crippen LogP contribution in [0.3, 0.4) is 0 Å². The number of amides is 1. The summed E-state index contributed by atoms with van der Waals surface area (Å²) in [6, 6.07) is 4.94. The predicted octanol–water partition coefficient (Wildman–Crippen LogP) is 0.765. The molecule has 1 unspecified atom stereocenters. The van der Waals surface area contributed by atoms with Crippen LogP contribution in [0.15, 0.2) is 29.2 Å². The zero-order valence-corrected chi connectivity index (χ0v) is 19.2. The van der Waals surface area contributed by atoms with E-state index in [1.807, 2.05) is 13.8 Å². The van der Waals surface area contributed by atoms with Gasteiger partial charge in [-0.3, -0.25) is 4.79 Å². The first-order valence-corrected chi connectivity index (χ1v) is 12.8. The lowest BCUT2D eigenvalue weighted by molar-refractivity contribution is -0.137. The lowest BCUT2D eigenvalue weighted by Crippen LogP contribution is -2.45. The van der Waals surface area contributed by atoms with Crippen molar-refractivity contribution in [2.24, 2.45) is 5.92 Å². The lowest BCUT2D eigenvalue weighted by Gasteiger charge is -2.29. The summed E-state index contributed by atoms with van der Waals surface area (Å²) in [5, 5.41) is 0. The Morgan fingerprint density at radius 3 is 2.43 bits per heavy atom. The molecule has 11 heteroatoms. The lowest BCUT2D eigenvalue weighted by atomic mass is 10.1. The molecular formula is C19H28N2O7S2. The van der Waals surface area contributed by atoms with Gasteiger partial charge in [-0.25, -0.2) is 25.9 Å². The quantitative estimate of drug-likeness (QED) is 0.526. The van der Waals surface area contributed by atoms with Gasteiger partial charge in [0.15, 0.2) is 16.4 Å². The average molecular weight is 461 g/mol. The molecule has 0 spiro atoms. The Balaban J connectivity index is 2.09. The summed E-state index contributed by atoms with van der Waals surface area (Å²) in [4.78, 5) is 26.5. The minimum Gasteiger partial charge on any atom is -0.452 e. The van der Waals surface area contributed by atoms with Crippen molar-refractivity contribution in [3.63, 3.8) is 0 Å². The molecule has 30 heavy (non-hydrogen) atoms. The molecule has 1 aliphatic heterocycles. The highest BCUT2D eigenvalue weighted by atomic mass is 32.2. The van der Waals surface area contributed by atoms with E-state index in [0.717, 1.165) is 4.31 Å². The molecule has 0 N–H and O–H groups in total. The minimum absolute atomic E-state index is 0.00424. The van der Waals surface area contributed by atoms with Crippen molar-refractivity contribution in [3.05, 3.63) is 29.8 Å².